The van der Waals surface area contributed by atoms with E-state index in [1.165, 1.54) is 16.4 Å². The van der Waals surface area contributed by atoms with Gasteiger partial charge in [0.05, 0.1) is 23.1 Å². The molecule has 2 aliphatic heterocycles. The highest BCUT2D eigenvalue weighted by molar-refractivity contribution is 7.89. The second-order valence-corrected chi connectivity index (χ2v) is 9.87. The number of carbonyl (C=O) groups is 2. The summed E-state index contributed by atoms with van der Waals surface area (Å²) in [6.07, 6.45) is 1.85. The van der Waals surface area contributed by atoms with Crippen molar-refractivity contribution in [3.63, 3.8) is 0 Å². The van der Waals surface area contributed by atoms with Gasteiger partial charge in [0.1, 0.15) is 5.75 Å². The second kappa shape index (κ2) is 9.30. The first-order valence-corrected chi connectivity index (χ1v) is 12.3. The molecule has 9 heteroatoms. The maximum atomic E-state index is 12.8. The summed E-state index contributed by atoms with van der Waals surface area (Å²) in [5.74, 6) is -0.307. The smallest absolute Gasteiger partial charge is 0.243 e. The molecule has 2 aromatic carbocycles. The van der Waals surface area contributed by atoms with Crippen LogP contribution in [0.4, 0.5) is 11.4 Å². The minimum atomic E-state index is -3.50. The molecule has 0 saturated carbocycles. The largest absolute Gasteiger partial charge is 0.492 e. The molecule has 2 fully saturated rings. The lowest BCUT2D eigenvalue weighted by molar-refractivity contribution is -0.122. The predicted molar refractivity (Wildman–Crippen MR) is 121 cm³/mol. The average molecular weight is 458 g/mol. The van der Waals surface area contributed by atoms with Crippen LogP contribution in [-0.4, -0.2) is 50.8 Å². The van der Waals surface area contributed by atoms with Crippen LogP contribution < -0.4 is 15.0 Å². The summed E-state index contributed by atoms with van der Waals surface area (Å²) in [5.41, 5.74) is 1.15. The minimum absolute atomic E-state index is 0.105. The van der Waals surface area contributed by atoms with E-state index in [0.29, 0.717) is 36.8 Å². The fourth-order valence-electron chi connectivity index (χ4n) is 4.11. The van der Waals surface area contributed by atoms with Gasteiger partial charge >= 0.3 is 0 Å². The number of nitrogens with zero attached hydrogens (tertiary/aromatic N) is 2. The summed E-state index contributed by atoms with van der Waals surface area (Å²) in [6, 6.07) is 13.5. The van der Waals surface area contributed by atoms with Crippen molar-refractivity contribution in [3.05, 3.63) is 48.5 Å². The number of rotatable bonds is 7. The van der Waals surface area contributed by atoms with E-state index in [1.807, 2.05) is 25.1 Å². The van der Waals surface area contributed by atoms with Gasteiger partial charge in [-0.3, -0.25) is 9.59 Å². The summed E-state index contributed by atoms with van der Waals surface area (Å²) in [7, 11) is -3.50. The highest BCUT2D eigenvalue weighted by Crippen LogP contribution is 2.33. The molecule has 1 atom stereocenters. The molecule has 2 heterocycles. The Morgan fingerprint density at radius 1 is 1.09 bits per heavy atom. The van der Waals surface area contributed by atoms with Crippen LogP contribution in [0.5, 0.6) is 5.75 Å². The van der Waals surface area contributed by atoms with Crippen molar-refractivity contribution in [1.82, 2.24) is 4.31 Å². The maximum Gasteiger partial charge on any atom is 0.243 e. The van der Waals surface area contributed by atoms with Crippen LogP contribution >= 0.6 is 0 Å². The molecule has 170 valence electrons. The number of benzene rings is 2. The summed E-state index contributed by atoms with van der Waals surface area (Å²) in [4.78, 5) is 27.2. The van der Waals surface area contributed by atoms with E-state index in [2.05, 4.69) is 5.32 Å². The van der Waals surface area contributed by atoms with Gasteiger partial charge < -0.3 is 15.0 Å². The molecular formula is C23H27N3O5S. The maximum absolute atomic E-state index is 12.8. The van der Waals surface area contributed by atoms with Crippen molar-refractivity contribution >= 4 is 33.2 Å². The Morgan fingerprint density at radius 2 is 1.78 bits per heavy atom. The van der Waals surface area contributed by atoms with Crippen LogP contribution in [0.1, 0.15) is 26.2 Å². The van der Waals surface area contributed by atoms with E-state index >= 15 is 0 Å². The highest BCUT2D eigenvalue weighted by Gasteiger charge is 2.36. The first-order chi connectivity index (χ1) is 15.4. The molecule has 0 aromatic heterocycles. The Hall–Kier alpha value is -2.91. The zero-order valence-electron chi connectivity index (χ0n) is 18.0. The van der Waals surface area contributed by atoms with Crippen molar-refractivity contribution in [2.24, 2.45) is 5.92 Å². The lowest BCUT2D eigenvalue weighted by Crippen LogP contribution is -2.28. The monoisotopic (exact) mass is 457 g/mol. The molecule has 0 radical (unpaired) electrons. The molecule has 2 saturated heterocycles. The van der Waals surface area contributed by atoms with E-state index in [4.69, 9.17) is 4.74 Å². The summed E-state index contributed by atoms with van der Waals surface area (Å²) < 4.78 is 32.4. The SMILES string of the molecule is CCOc1ccccc1N1C[C@@H](C(=O)Nc2ccc(S(=O)(=O)N3CCCC3)cc2)CC1=O. The molecule has 32 heavy (non-hydrogen) atoms. The number of anilines is 2. The Bertz CT molecular complexity index is 1090. The van der Waals surface area contributed by atoms with Crippen LogP contribution in [-0.2, 0) is 19.6 Å². The van der Waals surface area contributed by atoms with Gasteiger partial charge in [0.25, 0.3) is 0 Å². The fourth-order valence-corrected chi connectivity index (χ4v) is 5.62. The van der Waals surface area contributed by atoms with Gasteiger partial charge in [0.15, 0.2) is 0 Å². The number of nitrogens with one attached hydrogen (secondary N) is 1. The molecular weight excluding hydrogens is 430 g/mol. The normalized spacial score (nSPS) is 19.3. The number of hydrogen-bond acceptors (Lipinski definition) is 5. The molecule has 1 N–H and O–H groups in total. The first-order valence-electron chi connectivity index (χ1n) is 10.8. The summed E-state index contributed by atoms with van der Waals surface area (Å²) in [6.45, 7) is 3.70. The lowest BCUT2D eigenvalue weighted by Gasteiger charge is -2.20. The van der Waals surface area contributed by atoms with Gasteiger partial charge in [0.2, 0.25) is 21.8 Å². The van der Waals surface area contributed by atoms with E-state index in [-0.39, 0.29) is 29.7 Å². The fraction of sp³-hybridized carbons (Fsp3) is 0.391. The Balaban J connectivity index is 1.42. The van der Waals surface area contributed by atoms with Gasteiger partial charge in [-0.1, -0.05) is 12.1 Å². The van der Waals surface area contributed by atoms with E-state index in [0.717, 1.165) is 12.8 Å². The number of amides is 2. The predicted octanol–water partition coefficient (Wildman–Crippen LogP) is 2.86. The van der Waals surface area contributed by atoms with Gasteiger partial charge in [-0.25, -0.2) is 8.42 Å². The van der Waals surface area contributed by atoms with Crippen molar-refractivity contribution in [2.45, 2.75) is 31.1 Å². The van der Waals surface area contributed by atoms with E-state index < -0.39 is 15.9 Å². The topological polar surface area (TPSA) is 96.0 Å². The summed E-state index contributed by atoms with van der Waals surface area (Å²) >= 11 is 0. The van der Waals surface area contributed by atoms with Crippen LogP contribution in [0.3, 0.4) is 0 Å². The average Bonchev–Trinajstić information content (AvgIpc) is 3.45. The molecule has 2 amide bonds. The number of carbonyl (C=O) groups excluding carboxylic acids is 2. The molecule has 8 nitrogen and oxygen atoms in total. The molecule has 2 aromatic rings. The summed E-state index contributed by atoms with van der Waals surface area (Å²) in [5, 5.41) is 2.81. The third-order valence-corrected chi connectivity index (χ3v) is 7.69. The van der Waals surface area contributed by atoms with Crippen molar-refractivity contribution in [1.29, 1.82) is 0 Å². The van der Waals surface area contributed by atoms with Crippen LogP contribution in [0, 0.1) is 5.92 Å². The second-order valence-electron chi connectivity index (χ2n) is 7.93. The third-order valence-electron chi connectivity index (χ3n) is 5.78. The lowest BCUT2D eigenvalue weighted by atomic mass is 10.1. The van der Waals surface area contributed by atoms with Crippen molar-refractivity contribution < 1.29 is 22.7 Å². The van der Waals surface area contributed by atoms with E-state index in [1.54, 1.807) is 23.1 Å². The molecule has 0 unspecified atom stereocenters. The standard InChI is InChI=1S/C23H27N3O5S/c1-2-31-21-8-4-3-7-20(21)26-16-17(15-22(26)27)23(28)24-18-9-11-19(12-10-18)32(29,30)25-13-5-6-14-25/h3-4,7-12,17H,2,5-6,13-16H2,1H3,(H,24,28)/t17-/m0/s1. The quantitative estimate of drug-likeness (QED) is 0.690. The number of para-hydroxylation sites is 2. The van der Waals surface area contributed by atoms with Crippen LogP contribution in [0.25, 0.3) is 0 Å². The molecule has 0 aliphatic carbocycles. The molecule has 0 spiro atoms. The van der Waals surface area contributed by atoms with Gasteiger partial charge in [0, 0.05) is 31.7 Å². The zero-order valence-corrected chi connectivity index (χ0v) is 18.8. The van der Waals surface area contributed by atoms with Gasteiger partial charge in [-0.2, -0.15) is 4.31 Å². The van der Waals surface area contributed by atoms with Crippen LogP contribution in [0.2, 0.25) is 0 Å². The number of ether oxygens (including phenoxy) is 1. The van der Waals surface area contributed by atoms with Crippen molar-refractivity contribution in [2.75, 3.05) is 36.5 Å². The van der Waals surface area contributed by atoms with Gasteiger partial charge in [-0.15, -0.1) is 0 Å². The Kier molecular flexibility index (Phi) is 6.48. The Morgan fingerprint density at radius 3 is 2.47 bits per heavy atom. The minimum Gasteiger partial charge on any atom is -0.492 e. The number of sulfonamides is 1. The van der Waals surface area contributed by atoms with Crippen LogP contribution in [0.15, 0.2) is 53.4 Å². The zero-order chi connectivity index (χ0) is 22.7. The third kappa shape index (κ3) is 4.49. The number of hydrogen-bond donors (Lipinski definition) is 1. The molecule has 0 bridgehead atoms. The molecule has 2 aliphatic rings. The Labute approximate surface area is 188 Å². The van der Waals surface area contributed by atoms with Crippen molar-refractivity contribution in [3.8, 4) is 5.75 Å². The van der Waals surface area contributed by atoms with Gasteiger partial charge in [-0.05, 0) is 56.2 Å². The first kappa shape index (κ1) is 22.3. The molecule has 4 rings (SSSR count). The highest BCUT2D eigenvalue weighted by atomic mass is 32.2. The van der Waals surface area contributed by atoms with E-state index in [9.17, 15) is 18.0 Å².